The number of pyridine rings is 1. The number of aromatic nitrogens is 3. The zero-order valence-corrected chi connectivity index (χ0v) is 18.7. The van der Waals surface area contributed by atoms with Crippen LogP contribution in [0.25, 0.3) is 17.2 Å². The lowest BCUT2D eigenvalue weighted by Crippen LogP contribution is -2.05. The summed E-state index contributed by atoms with van der Waals surface area (Å²) in [6.45, 7) is 4.03. The van der Waals surface area contributed by atoms with E-state index in [2.05, 4.69) is 26.7 Å². The fourth-order valence-corrected chi connectivity index (χ4v) is 3.58. The summed E-state index contributed by atoms with van der Waals surface area (Å²) >= 11 is 0. The van der Waals surface area contributed by atoms with E-state index in [1.165, 1.54) is 6.08 Å². The van der Waals surface area contributed by atoms with E-state index in [0.29, 0.717) is 17.3 Å². The highest BCUT2D eigenvalue weighted by Gasteiger charge is 2.13. The molecular formula is C27H21N7. The predicted molar refractivity (Wildman–Crippen MR) is 134 cm³/mol. The second kappa shape index (κ2) is 10.1. The Labute approximate surface area is 198 Å². The zero-order valence-electron chi connectivity index (χ0n) is 18.7. The zero-order chi connectivity index (χ0) is 23.9. The van der Waals surface area contributed by atoms with E-state index in [1.54, 1.807) is 36.8 Å². The van der Waals surface area contributed by atoms with Gasteiger partial charge in [-0.05, 0) is 90.7 Å². The van der Waals surface area contributed by atoms with Gasteiger partial charge in [-0.3, -0.25) is 4.98 Å². The Morgan fingerprint density at radius 2 is 1.62 bits per heavy atom. The number of nitrogens with one attached hydrogen (secondary N) is 2. The molecule has 4 rings (SSSR count). The van der Waals surface area contributed by atoms with Crippen LogP contribution < -0.4 is 10.6 Å². The fraction of sp³-hybridized carbons (Fsp3) is 0.0741. The first-order valence-electron chi connectivity index (χ1n) is 10.6. The standard InChI is InChI=1S/C27H21N7/c1-18-14-21(4-3-11-28)15-19(2)25(18)33-26-24(22-9-12-30-13-10-22)17-31-27(34-26)32-23-7-5-20(16-29)6-8-23/h3-10,12-15,17H,1-2H3,(H2,31,32,33,34)/b4-3+. The highest BCUT2D eigenvalue weighted by Crippen LogP contribution is 2.32. The minimum Gasteiger partial charge on any atom is -0.339 e. The number of rotatable bonds is 6. The molecule has 2 aromatic heterocycles. The second-order valence-electron chi connectivity index (χ2n) is 7.62. The van der Waals surface area contributed by atoms with Crippen LogP contribution in [0, 0.1) is 36.5 Å². The predicted octanol–water partition coefficient (Wildman–Crippen LogP) is 6.05. The summed E-state index contributed by atoms with van der Waals surface area (Å²) < 4.78 is 0. The molecule has 0 saturated carbocycles. The van der Waals surface area contributed by atoms with E-state index in [-0.39, 0.29) is 0 Å². The smallest absolute Gasteiger partial charge is 0.229 e. The number of nitrogens with zero attached hydrogens (tertiary/aromatic N) is 5. The van der Waals surface area contributed by atoms with Gasteiger partial charge in [-0.15, -0.1) is 0 Å². The van der Waals surface area contributed by atoms with Gasteiger partial charge in [0, 0.05) is 41.6 Å². The SMILES string of the molecule is Cc1cc(/C=C/C#N)cc(C)c1Nc1nc(Nc2ccc(C#N)cc2)ncc1-c1ccncc1. The summed E-state index contributed by atoms with van der Waals surface area (Å²) in [5, 5.41) is 24.5. The molecule has 0 unspecified atom stereocenters. The Kier molecular flexibility index (Phi) is 6.58. The average molecular weight is 444 g/mol. The number of anilines is 4. The third kappa shape index (κ3) is 5.07. The van der Waals surface area contributed by atoms with Crippen LogP contribution >= 0.6 is 0 Å². The fourth-order valence-electron chi connectivity index (χ4n) is 3.58. The maximum atomic E-state index is 9.01. The minimum absolute atomic E-state index is 0.425. The molecule has 34 heavy (non-hydrogen) atoms. The Morgan fingerprint density at radius 3 is 2.26 bits per heavy atom. The lowest BCUT2D eigenvalue weighted by Gasteiger charge is -2.17. The van der Waals surface area contributed by atoms with Crippen LogP contribution in [0.4, 0.5) is 23.1 Å². The van der Waals surface area contributed by atoms with Crippen molar-refractivity contribution in [1.82, 2.24) is 15.0 Å². The number of hydrogen-bond acceptors (Lipinski definition) is 7. The molecule has 0 saturated heterocycles. The van der Waals surface area contributed by atoms with Crippen LogP contribution in [0.5, 0.6) is 0 Å². The molecule has 0 spiro atoms. The molecule has 0 radical (unpaired) electrons. The van der Waals surface area contributed by atoms with Crippen LogP contribution in [-0.4, -0.2) is 15.0 Å². The van der Waals surface area contributed by atoms with Crippen molar-refractivity contribution in [1.29, 1.82) is 10.5 Å². The van der Waals surface area contributed by atoms with Gasteiger partial charge in [0.05, 0.1) is 17.7 Å². The summed E-state index contributed by atoms with van der Waals surface area (Å²) in [7, 11) is 0. The van der Waals surface area contributed by atoms with Gasteiger partial charge in [-0.1, -0.05) is 0 Å². The van der Waals surface area contributed by atoms with Crippen molar-refractivity contribution >= 4 is 29.2 Å². The molecule has 0 bridgehead atoms. The number of nitriles is 2. The van der Waals surface area contributed by atoms with Gasteiger partial charge < -0.3 is 10.6 Å². The molecule has 0 aliphatic heterocycles. The first kappa shape index (κ1) is 22.2. The summed E-state index contributed by atoms with van der Waals surface area (Å²) in [4.78, 5) is 13.4. The maximum absolute atomic E-state index is 9.01. The Hall–Kier alpha value is -5.01. The van der Waals surface area contributed by atoms with E-state index >= 15 is 0 Å². The van der Waals surface area contributed by atoms with Crippen molar-refractivity contribution in [2.75, 3.05) is 10.6 Å². The summed E-state index contributed by atoms with van der Waals surface area (Å²) in [5.41, 5.74) is 7.08. The minimum atomic E-state index is 0.425. The maximum Gasteiger partial charge on any atom is 0.229 e. The van der Waals surface area contributed by atoms with Gasteiger partial charge in [0.2, 0.25) is 5.95 Å². The molecule has 2 N–H and O–H groups in total. The van der Waals surface area contributed by atoms with Crippen molar-refractivity contribution in [2.24, 2.45) is 0 Å². The van der Waals surface area contributed by atoms with Gasteiger partial charge in [0.25, 0.3) is 0 Å². The van der Waals surface area contributed by atoms with E-state index < -0.39 is 0 Å². The molecule has 0 aliphatic carbocycles. The van der Waals surface area contributed by atoms with Crippen LogP contribution in [0.15, 0.2) is 73.2 Å². The number of allylic oxidation sites excluding steroid dienone is 1. The molecule has 4 aromatic rings. The summed E-state index contributed by atoms with van der Waals surface area (Å²) in [6, 6.07) is 19.1. The average Bonchev–Trinajstić information content (AvgIpc) is 2.86. The lowest BCUT2D eigenvalue weighted by molar-refractivity contribution is 1.16. The summed E-state index contributed by atoms with van der Waals surface area (Å²) in [6.07, 6.45) is 8.49. The lowest BCUT2D eigenvalue weighted by atomic mass is 10.0. The second-order valence-corrected chi connectivity index (χ2v) is 7.62. The van der Waals surface area contributed by atoms with E-state index in [9.17, 15) is 0 Å². The molecule has 0 amide bonds. The van der Waals surface area contributed by atoms with Crippen LogP contribution in [0.1, 0.15) is 22.3 Å². The molecule has 2 aromatic carbocycles. The Balaban J connectivity index is 1.73. The Morgan fingerprint density at radius 1 is 0.912 bits per heavy atom. The molecule has 7 nitrogen and oxygen atoms in total. The van der Waals surface area contributed by atoms with E-state index in [0.717, 1.165) is 39.2 Å². The molecule has 7 heteroatoms. The van der Waals surface area contributed by atoms with Gasteiger partial charge in [-0.25, -0.2) is 4.98 Å². The Bertz CT molecular complexity index is 1400. The van der Waals surface area contributed by atoms with Gasteiger partial charge in [0.15, 0.2) is 0 Å². The van der Waals surface area contributed by atoms with Crippen molar-refractivity contribution in [2.45, 2.75) is 13.8 Å². The van der Waals surface area contributed by atoms with Gasteiger partial charge in [0.1, 0.15) is 5.82 Å². The third-order valence-corrected chi connectivity index (χ3v) is 5.20. The molecule has 2 heterocycles. The van der Waals surface area contributed by atoms with E-state index in [4.69, 9.17) is 15.5 Å². The third-order valence-electron chi connectivity index (χ3n) is 5.20. The number of hydrogen-bond donors (Lipinski definition) is 2. The topological polar surface area (TPSA) is 110 Å². The van der Waals surface area contributed by atoms with Gasteiger partial charge >= 0.3 is 0 Å². The number of benzene rings is 2. The highest BCUT2D eigenvalue weighted by atomic mass is 15.1. The first-order valence-corrected chi connectivity index (χ1v) is 10.6. The molecule has 164 valence electrons. The normalized spacial score (nSPS) is 10.5. The molecule has 0 fully saturated rings. The van der Waals surface area contributed by atoms with E-state index in [1.807, 2.05) is 56.3 Å². The van der Waals surface area contributed by atoms with Crippen LogP contribution in [-0.2, 0) is 0 Å². The summed E-state index contributed by atoms with van der Waals surface area (Å²) in [5.74, 6) is 1.07. The quantitative estimate of drug-likeness (QED) is 0.349. The van der Waals surface area contributed by atoms with Crippen molar-refractivity contribution in [3.63, 3.8) is 0 Å². The van der Waals surface area contributed by atoms with Crippen molar-refractivity contribution < 1.29 is 0 Å². The highest BCUT2D eigenvalue weighted by molar-refractivity contribution is 5.80. The van der Waals surface area contributed by atoms with Gasteiger partial charge in [-0.2, -0.15) is 15.5 Å². The van der Waals surface area contributed by atoms with Crippen molar-refractivity contribution in [3.8, 4) is 23.3 Å². The first-order chi connectivity index (χ1) is 16.6. The number of aryl methyl sites for hydroxylation is 2. The molecule has 0 aliphatic rings. The van der Waals surface area contributed by atoms with Crippen LogP contribution in [0.3, 0.4) is 0 Å². The molecule has 0 atom stereocenters. The monoisotopic (exact) mass is 443 g/mol. The van der Waals surface area contributed by atoms with Crippen molar-refractivity contribution in [3.05, 3.63) is 95.5 Å². The largest absolute Gasteiger partial charge is 0.339 e. The van der Waals surface area contributed by atoms with Crippen LogP contribution in [0.2, 0.25) is 0 Å². The molecular weight excluding hydrogens is 422 g/mol.